The molecule has 0 unspecified atom stereocenters. The van der Waals surface area contributed by atoms with Gasteiger partial charge >= 0.3 is 0 Å². The Balaban J connectivity index is 2.01. The Bertz CT molecular complexity index is 1270. The first-order valence-electron chi connectivity index (χ1n) is 7.74. The van der Waals surface area contributed by atoms with Gasteiger partial charge in [-0.05, 0) is 42.5 Å². The van der Waals surface area contributed by atoms with Gasteiger partial charge in [-0.15, -0.1) is 0 Å². The number of rotatable bonds is 1. The predicted molar refractivity (Wildman–Crippen MR) is 94.2 cm³/mol. The van der Waals surface area contributed by atoms with Crippen LogP contribution < -0.4 is 0 Å². The Kier molecular flexibility index (Phi) is 2.53. The van der Waals surface area contributed by atoms with E-state index < -0.39 is 0 Å². The number of hydrogen-bond donors (Lipinski definition) is 0. The molecule has 0 spiro atoms. The fraction of sp³-hybridized carbons (Fsp3) is 0. The maximum absolute atomic E-state index is 9.22. The standard InChI is InChI=1S/C20H12N4/c21-13-14-6-5-7-15(12-14)23-18-10-3-4-11-19(18)24-17-9-2-1-8-16(17)22-20(23)24/h1-12H. The van der Waals surface area contributed by atoms with Crippen molar-refractivity contribution >= 4 is 27.8 Å². The average Bonchev–Trinajstić information content (AvgIpc) is 3.16. The molecule has 5 rings (SSSR count). The van der Waals surface area contributed by atoms with Gasteiger partial charge in [0.25, 0.3) is 0 Å². The van der Waals surface area contributed by atoms with Crippen LogP contribution in [0.5, 0.6) is 0 Å². The number of nitriles is 1. The maximum Gasteiger partial charge on any atom is 0.220 e. The Morgan fingerprint density at radius 3 is 2.38 bits per heavy atom. The predicted octanol–water partition coefficient (Wildman–Crippen LogP) is 4.30. The van der Waals surface area contributed by atoms with Crippen LogP contribution in [0, 0.1) is 11.3 Å². The molecule has 0 radical (unpaired) electrons. The lowest BCUT2D eigenvalue weighted by Gasteiger charge is -2.05. The highest BCUT2D eigenvalue weighted by Crippen LogP contribution is 2.29. The van der Waals surface area contributed by atoms with Crippen LogP contribution >= 0.6 is 0 Å². The quantitative estimate of drug-likeness (QED) is 0.463. The summed E-state index contributed by atoms with van der Waals surface area (Å²) in [6.07, 6.45) is 0. The third-order valence-electron chi connectivity index (χ3n) is 4.34. The fourth-order valence-corrected chi connectivity index (χ4v) is 3.32. The molecular weight excluding hydrogens is 296 g/mol. The van der Waals surface area contributed by atoms with Gasteiger partial charge in [-0.2, -0.15) is 5.26 Å². The van der Waals surface area contributed by atoms with Gasteiger partial charge in [-0.1, -0.05) is 30.3 Å². The van der Waals surface area contributed by atoms with Crippen molar-refractivity contribution in [1.29, 1.82) is 5.26 Å². The van der Waals surface area contributed by atoms with E-state index in [0.717, 1.165) is 33.5 Å². The van der Waals surface area contributed by atoms with Crippen LogP contribution in [0.25, 0.3) is 33.5 Å². The van der Waals surface area contributed by atoms with Gasteiger partial charge in [0.1, 0.15) is 0 Å². The lowest BCUT2D eigenvalue weighted by Crippen LogP contribution is -1.95. The molecule has 0 fully saturated rings. The van der Waals surface area contributed by atoms with E-state index in [2.05, 4.69) is 33.2 Å². The van der Waals surface area contributed by atoms with Crippen LogP contribution in [0.1, 0.15) is 5.56 Å². The smallest absolute Gasteiger partial charge is 0.220 e. The summed E-state index contributed by atoms with van der Waals surface area (Å²) < 4.78 is 4.28. The number of benzene rings is 3. The molecule has 0 saturated carbocycles. The molecule has 2 heterocycles. The van der Waals surface area contributed by atoms with Crippen LogP contribution in [0.4, 0.5) is 0 Å². The van der Waals surface area contributed by atoms with Gasteiger partial charge in [0.15, 0.2) is 0 Å². The third kappa shape index (κ3) is 1.64. The zero-order valence-electron chi connectivity index (χ0n) is 12.7. The maximum atomic E-state index is 9.22. The summed E-state index contributed by atoms with van der Waals surface area (Å²) in [5.41, 5.74) is 5.79. The van der Waals surface area contributed by atoms with E-state index in [-0.39, 0.29) is 0 Å². The molecule has 112 valence electrons. The average molecular weight is 308 g/mol. The van der Waals surface area contributed by atoms with Crippen molar-refractivity contribution in [3.05, 3.63) is 78.4 Å². The highest BCUT2D eigenvalue weighted by atomic mass is 15.2. The number of hydrogen-bond acceptors (Lipinski definition) is 2. The van der Waals surface area contributed by atoms with Crippen LogP contribution in [-0.2, 0) is 0 Å². The minimum atomic E-state index is 0.638. The third-order valence-corrected chi connectivity index (χ3v) is 4.34. The molecule has 5 aromatic rings. The van der Waals surface area contributed by atoms with E-state index in [0.29, 0.717) is 5.56 Å². The second-order valence-electron chi connectivity index (χ2n) is 5.72. The van der Waals surface area contributed by atoms with Crippen LogP contribution in [0.3, 0.4) is 0 Å². The van der Waals surface area contributed by atoms with Crippen molar-refractivity contribution < 1.29 is 0 Å². The summed E-state index contributed by atoms with van der Waals surface area (Å²) in [5.74, 6) is 0.854. The Morgan fingerprint density at radius 2 is 1.54 bits per heavy atom. The van der Waals surface area contributed by atoms with Gasteiger partial charge < -0.3 is 0 Å². The number of aromatic nitrogens is 3. The first-order chi connectivity index (χ1) is 11.9. The van der Waals surface area contributed by atoms with Gasteiger partial charge in [0, 0.05) is 0 Å². The van der Waals surface area contributed by atoms with E-state index >= 15 is 0 Å². The molecule has 2 aromatic heterocycles. The molecule has 0 aliphatic heterocycles. The van der Waals surface area contributed by atoms with E-state index in [4.69, 9.17) is 4.98 Å². The lowest BCUT2D eigenvalue weighted by atomic mass is 10.2. The molecule has 4 nitrogen and oxygen atoms in total. The first kappa shape index (κ1) is 12.9. The molecule has 0 N–H and O–H groups in total. The summed E-state index contributed by atoms with van der Waals surface area (Å²) in [7, 11) is 0. The largest absolute Gasteiger partial charge is 0.278 e. The number of fused-ring (bicyclic) bond motifs is 5. The molecule has 0 aliphatic carbocycles. The summed E-state index contributed by atoms with van der Waals surface area (Å²) in [6, 6.07) is 26.2. The molecule has 0 aliphatic rings. The van der Waals surface area contributed by atoms with E-state index in [1.54, 1.807) is 0 Å². The van der Waals surface area contributed by atoms with Crippen molar-refractivity contribution in [2.75, 3.05) is 0 Å². The monoisotopic (exact) mass is 308 g/mol. The highest BCUT2D eigenvalue weighted by molar-refractivity contribution is 5.92. The fourth-order valence-electron chi connectivity index (χ4n) is 3.32. The second-order valence-corrected chi connectivity index (χ2v) is 5.72. The Morgan fingerprint density at radius 1 is 0.792 bits per heavy atom. The normalized spacial score (nSPS) is 11.3. The summed E-state index contributed by atoms with van der Waals surface area (Å²) in [6.45, 7) is 0. The van der Waals surface area contributed by atoms with Crippen molar-refractivity contribution in [2.24, 2.45) is 0 Å². The van der Waals surface area contributed by atoms with Crippen molar-refractivity contribution in [3.8, 4) is 11.8 Å². The molecule has 0 amide bonds. The van der Waals surface area contributed by atoms with Crippen molar-refractivity contribution in [1.82, 2.24) is 14.0 Å². The number of nitrogens with zero attached hydrogens (tertiary/aromatic N) is 4. The molecule has 0 bridgehead atoms. The molecule has 0 saturated heterocycles. The zero-order valence-corrected chi connectivity index (χ0v) is 12.7. The Hall–Kier alpha value is -3.58. The zero-order chi connectivity index (χ0) is 16.1. The highest BCUT2D eigenvalue weighted by Gasteiger charge is 2.16. The van der Waals surface area contributed by atoms with Crippen LogP contribution in [0.2, 0.25) is 0 Å². The van der Waals surface area contributed by atoms with Crippen LogP contribution in [-0.4, -0.2) is 14.0 Å². The Labute approximate surface area is 137 Å². The lowest BCUT2D eigenvalue weighted by molar-refractivity contribution is 1.11. The molecule has 0 atom stereocenters. The summed E-state index contributed by atoms with van der Waals surface area (Å²) >= 11 is 0. The van der Waals surface area contributed by atoms with E-state index in [9.17, 15) is 5.26 Å². The van der Waals surface area contributed by atoms with Crippen LogP contribution in [0.15, 0.2) is 72.8 Å². The molecule has 24 heavy (non-hydrogen) atoms. The molecular formula is C20H12N4. The van der Waals surface area contributed by atoms with E-state index in [1.807, 2.05) is 54.6 Å². The first-order valence-corrected chi connectivity index (χ1v) is 7.74. The second kappa shape index (κ2) is 4.71. The molecule has 3 aromatic carbocycles. The van der Waals surface area contributed by atoms with E-state index in [1.165, 1.54) is 0 Å². The summed E-state index contributed by atoms with van der Waals surface area (Å²) in [4.78, 5) is 4.83. The van der Waals surface area contributed by atoms with Gasteiger partial charge in [-0.25, -0.2) is 4.98 Å². The van der Waals surface area contributed by atoms with Crippen molar-refractivity contribution in [3.63, 3.8) is 0 Å². The van der Waals surface area contributed by atoms with Crippen molar-refractivity contribution in [2.45, 2.75) is 0 Å². The van der Waals surface area contributed by atoms with Gasteiger partial charge in [0.05, 0.1) is 39.4 Å². The minimum Gasteiger partial charge on any atom is -0.278 e. The molecule has 4 heteroatoms. The van der Waals surface area contributed by atoms with Gasteiger partial charge in [0.2, 0.25) is 5.78 Å². The topological polar surface area (TPSA) is 46.0 Å². The number of imidazole rings is 2. The number of para-hydroxylation sites is 4. The van der Waals surface area contributed by atoms with Gasteiger partial charge in [-0.3, -0.25) is 8.97 Å². The summed E-state index contributed by atoms with van der Waals surface area (Å²) in [5, 5.41) is 9.22. The minimum absolute atomic E-state index is 0.638. The SMILES string of the molecule is N#Cc1cccc(-n2c3ccccc3n3c4ccccc4nc23)c1.